The van der Waals surface area contributed by atoms with Crippen LogP contribution in [0.15, 0.2) is 23.6 Å². The number of nitrogens with zero attached hydrogens (tertiary/aromatic N) is 1. The number of benzene rings is 1. The zero-order chi connectivity index (χ0) is 15.5. The molecule has 0 saturated carbocycles. The van der Waals surface area contributed by atoms with Crippen LogP contribution in [0.1, 0.15) is 24.0 Å². The molecule has 1 aromatic carbocycles. The molecule has 1 atom stereocenters. The maximum atomic E-state index is 12.2. The lowest BCUT2D eigenvalue weighted by atomic mass is 9.99. The lowest BCUT2D eigenvalue weighted by molar-refractivity contribution is -0.120. The maximum absolute atomic E-state index is 12.2. The van der Waals surface area contributed by atoms with E-state index in [1.54, 1.807) is 0 Å². The quantitative estimate of drug-likeness (QED) is 0.913. The Morgan fingerprint density at radius 2 is 2.23 bits per heavy atom. The van der Waals surface area contributed by atoms with E-state index in [0.29, 0.717) is 5.13 Å². The molecule has 0 bridgehead atoms. The van der Waals surface area contributed by atoms with Crippen LogP contribution in [-0.2, 0) is 4.79 Å². The molecule has 1 amide bonds. The van der Waals surface area contributed by atoms with Crippen LogP contribution in [0.2, 0.25) is 0 Å². The Morgan fingerprint density at radius 1 is 1.36 bits per heavy atom. The molecular weight excluding hydrogens is 294 g/mol. The molecule has 4 nitrogen and oxygen atoms in total. The van der Waals surface area contributed by atoms with Crippen molar-refractivity contribution in [2.75, 3.05) is 18.4 Å². The number of amides is 1. The fourth-order valence-electron chi connectivity index (χ4n) is 2.65. The summed E-state index contributed by atoms with van der Waals surface area (Å²) in [7, 11) is 0. The van der Waals surface area contributed by atoms with Gasteiger partial charge in [-0.15, -0.1) is 11.3 Å². The normalized spacial score (nSPS) is 18.2. The smallest absolute Gasteiger partial charge is 0.230 e. The summed E-state index contributed by atoms with van der Waals surface area (Å²) in [5.41, 5.74) is 4.55. The first kappa shape index (κ1) is 15.2. The maximum Gasteiger partial charge on any atom is 0.230 e. The predicted octanol–water partition coefficient (Wildman–Crippen LogP) is 3.37. The third kappa shape index (κ3) is 3.36. The topological polar surface area (TPSA) is 54.0 Å². The van der Waals surface area contributed by atoms with Crippen LogP contribution in [0.3, 0.4) is 0 Å². The first-order valence-corrected chi connectivity index (χ1v) is 8.56. The number of anilines is 1. The molecule has 1 aliphatic heterocycles. The van der Waals surface area contributed by atoms with E-state index < -0.39 is 0 Å². The van der Waals surface area contributed by atoms with E-state index in [0.717, 1.165) is 37.2 Å². The lowest BCUT2D eigenvalue weighted by Gasteiger charge is -2.21. The average Bonchev–Trinajstić information content (AvgIpc) is 2.99. The van der Waals surface area contributed by atoms with Gasteiger partial charge in [0.1, 0.15) is 0 Å². The largest absolute Gasteiger partial charge is 0.316 e. The van der Waals surface area contributed by atoms with E-state index in [1.807, 2.05) is 5.38 Å². The Hall–Kier alpha value is -1.72. The second-order valence-electron chi connectivity index (χ2n) is 5.87. The number of hydrogen-bond donors (Lipinski definition) is 2. The summed E-state index contributed by atoms with van der Waals surface area (Å²) >= 11 is 1.48. The van der Waals surface area contributed by atoms with Crippen LogP contribution >= 0.6 is 11.3 Å². The van der Waals surface area contributed by atoms with Crippen LogP contribution < -0.4 is 10.6 Å². The molecule has 22 heavy (non-hydrogen) atoms. The fraction of sp³-hybridized carbons (Fsp3) is 0.412. The summed E-state index contributed by atoms with van der Waals surface area (Å²) in [5, 5.41) is 8.91. The Morgan fingerprint density at radius 3 is 2.95 bits per heavy atom. The Kier molecular flexibility index (Phi) is 4.55. The van der Waals surface area contributed by atoms with Gasteiger partial charge in [0.2, 0.25) is 5.91 Å². The van der Waals surface area contributed by atoms with Crippen molar-refractivity contribution in [2.45, 2.75) is 26.7 Å². The summed E-state index contributed by atoms with van der Waals surface area (Å²) < 4.78 is 0. The molecule has 116 valence electrons. The van der Waals surface area contributed by atoms with Crippen molar-refractivity contribution < 1.29 is 4.79 Å². The molecule has 2 aromatic rings. The van der Waals surface area contributed by atoms with E-state index in [1.165, 1.54) is 22.5 Å². The van der Waals surface area contributed by atoms with Crippen LogP contribution in [0.4, 0.5) is 5.13 Å². The van der Waals surface area contributed by atoms with Gasteiger partial charge >= 0.3 is 0 Å². The van der Waals surface area contributed by atoms with Gasteiger partial charge < -0.3 is 10.6 Å². The molecule has 1 unspecified atom stereocenters. The molecule has 2 heterocycles. The Balaban J connectivity index is 1.70. The van der Waals surface area contributed by atoms with Gasteiger partial charge in [0.05, 0.1) is 11.6 Å². The minimum absolute atomic E-state index is 0.0581. The third-order valence-corrected chi connectivity index (χ3v) is 4.96. The monoisotopic (exact) mass is 315 g/mol. The molecule has 1 aliphatic rings. The van der Waals surface area contributed by atoms with Gasteiger partial charge in [0, 0.05) is 17.5 Å². The zero-order valence-corrected chi connectivity index (χ0v) is 13.8. The average molecular weight is 315 g/mol. The number of carbonyl (C=O) groups excluding carboxylic acids is 1. The number of thiazole rings is 1. The Labute approximate surface area is 135 Å². The SMILES string of the molecule is Cc1ccc(-c2csc(NC(=O)C3CCCNC3)n2)cc1C. The first-order chi connectivity index (χ1) is 10.6. The number of aryl methyl sites for hydroxylation is 2. The summed E-state index contributed by atoms with van der Waals surface area (Å²) in [6.45, 7) is 5.98. The molecule has 1 saturated heterocycles. The summed E-state index contributed by atoms with van der Waals surface area (Å²) in [5.74, 6) is 0.135. The van der Waals surface area contributed by atoms with E-state index in [2.05, 4.69) is 47.7 Å². The van der Waals surface area contributed by atoms with Crippen molar-refractivity contribution in [1.29, 1.82) is 0 Å². The van der Waals surface area contributed by atoms with Gasteiger partial charge in [-0.25, -0.2) is 4.98 Å². The number of rotatable bonds is 3. The van der Waals surface area contributed by atoms with Crippen molar-refractivity contribution in [2.24, 2.45) is 5.92 Å². The number of hydrogen-bond acceptors (Lipinski definition) is 4. The first-order valence-electron chi connectivity index (χ1n) is 7.68. The van der Waals surface area contributed by atoms with E-state index >= 15 is 0 Å². The van der Waals surface area contributed by atoms with E-state index in [4.69, 9.17) is 0 Å². The lowest BCUT2D eigenvalue weighted by Crippen LogP contribution is -2.37. The second kappa shape index (κ2) is 6.58. The van der Waals surface area contributed by atoms with E-state index in [-0.39, 0.29) is 11.8 Å². The molecule has 0 spiro atoms. The fourth-order valence-corrected chi connectivity index (χ4v) is 3.37. The number of piperidine rings is 1. The van der Waals surface area contributed by atoms with Gasteiger partial charge in [-0.3, -0.25) is 4.79 Å². The second-order valence-corrected chi connectivity index (χ2v) is 6.73. The highest BCUT2D eigenvalue weighted by Crippen LogP contribution is 2.27. The van der Waals surface area contributed by atoms with Crippen LogP contribution in [0.25, 0.3) is 11.3 Å². The summed E-state index contributed by atoms with van der Waals surface area (Å²) in [4.78, 5) is 16.8. The minimum Gasteiger partial charge on any atom is -0.316 e. The van der Waals surface area contributed by atoms with Gasteiger partial charge in [0.15, 0.2) is 5.13 Å². The molecule has 0 radical (unpaired) electrons. The van der Waals surface area contributed by atoms with Crippen LogP contribution in [0, 0.1) is 19.8 Å². The molecule has 3 rings (SSSR count). The number of aromatic nitrogens is 1. The standard InChI is InChI=1S/C17H21N3OS/c1-11-5-6-13(8-12(11)2)15-10-22-17(19-15)20-16(21)14-4-3-7-18-9-14/h5-6,8,10,14,18H,3-4,7,9H2,1-2H3,(H,19,20,21). The summed E-state index contributed by atoms with van der Waals surface area (Å²) in [6.07, 6.45) is 2.01. The van der Waals surface area contributed by atoms with E-state index in [9.17, 15) is 4.79 Å². The van der Waals surface area contributed by atoms with Crippen molar-refractivity contribution >= 4 is 22.4 Å². The Bertz CT molecular complexity index is 674. The van der Waals surface area contributed by atoms with Crippen molar-refractivity contribution in [1.82, 2.24) is 10.3 Å². The molecule has 0 aliphatic carbocycles. The summed E-state index contributed by atoms with van der Waals surface area (Å²) in [6, 6.07) is 6.32. The molecular formula is C17H21N3OS. The van der Waals surface area contributed by atoms with Gasteiger partial charge in [-0.1, -0.05) is 12.1 Å². The van der Waals surface area contributed by atoms with Gasteiger partial charge in [-0.05, 0) is 50.4 Å². The molecule has 2 N–H and O–H groups in total. The van der Waals surface area contributed by atoms with Crippen molar-refractivity contribution in [3.8, 4) is 11.3 Å². The van der Waals surface area contributed by atoms with Crippen LogP contribution in [0.5, 0.6) is 0 Å². The third-order valence-electron chi connectivity index (χ3n) is 4.20. The number of carbonyl (C=O) groups is 1. The highest BCUT2D eigenvalue weighted by atomic mass is 32.1. The zero-order valence-electron chi connectivity index (χ0n) is 13.0. The molecule has 1 aromatic heterocycles. The van der Waals surface area contributed by atoms with Crippen LogP contribution in [-0.4, -0.2) is 24.0 Å². The number of nitrogens with one attached hydrogen (secondary N) is 2. The minimum atomic E-state index is 0.0581. The van der Waals surface area contributed by atoms with Crippen molar-refractivity contribution in [3.63, 3.8) is 0 Å². The van der Waals surface area contributed by atoms with Gasteiger partial charge in [0.25, 0.3) is 0 Å². The molecule has 1 fully saturated rings. The highest BCUT2D eigenvalue weighted by Gasteiger charge is 2.21. The van der Waals surface area contributed by atoms with Gasteiger partial charge in [-0.2, -0.15) is 0 Å². The highest BCUT2D eigenvalue weighted by molar-refractivity contribution is 7.14. The molecule has 5 heteroatoms. The van der Waals surface area contributed by atoms with Crippen molar-refractivity contribution in [3.05, 3.63) is 34.7 Å². The predicted molar refractivity (Wildman–Crippen MR) is 91.2 cm³/mol.